The van der Waals surface area contributed by atoms with Crippen molar-refractivity contribution in [3.05, 3.63) is 69.2 Å². The number of aryl methyl sites for hydroxylation is 1. The average molecular weight is 333 g/mol. The van der Waals surface area contributed by atoms with Crippen LogP contribution in [-0.4, -0.2) is 18.0 Å². The summed E-state index contributed by atoms with van der Waals surface area (Å²) in [5, 5.41) is 5.32. The quantitative estimate of drug-likeness (QED) is 0.854. The standard InChI is InChI=1S/C17H14Cl2N2O/c1-10-4-2-3-5-12(10)17(22)16-14(9-20-21-16)13-7-6-11(18)8-15(13)19/h2-8,14,20H,9H2,1H3/t14-/m1/s1. The Morgan fingerprint density at radius 2 is 2.00 bits per heavy atom. The van der Waals surface area contributed by atoms with Gasteiger partial charge in [-0.3, -0.25) is 4.79 Å². The fourth-order valence-electron chi connectivity index (χ4n) is 2.61. The van der Waals surface area contributed by atoms with Crippen molar-refractivity contribution in [2.75, 3.05) is 6.54 Å². The Balaban J connectivity index is 1.97. The van der Waals surface area contributed by atoms with Gasteiger partial charge in [-0.25, -0.2) is 0 Å². The molecule has 5 heteroatoms. The van der Waals surface area contributed by atoms with Crippen molar-refractivity contribution in [2.24, 2.45) is 5.10 Å². The highest BCUT2D eigenvalue weighted by Crippen LogP contribution is 2.31. The lowest BCUT2D eigenvalue weighted by atomic mass is 9.89. The van der Waals surface area contributed by atoms with E-state index in [0.717, 1.165) is 11.1 Å². The van der Waals surface area contributed by atoms with Crippen LogP contribution in [0.4, 0.5) is 0 Å². The molecule has 0 radical (unpaired) electrons. The second-order valence-corrected chi connectivity index (χ2v) is 6.07. The number of carbonyl (C=O) groups is 1. The molecule has 1 N–H and O–H groups in total. The average Bonchev–Trinajstić information content (AvgIpc) is 2.96. The van der Waals surface area contributed by atoms with Gasteiger partial charge in [0, 0.05) is 22.2 Å². The summed E-state index contributed by atoms with van der Waals surface area (Å²) >= 11 is 12.2. The maximum absolute atomic E-state index is 12.8. The Morgan fingerprint density at radius 3 is 2.73 bits per heavy atom. The Kier molecular flexibility index (Phi) is 4.19. The van der Waals surface area contributed by atoms with Crippen LogP contribution < -0.4 is 5.43 Å². The molecule has 0 aromatic heterocycles. The first kappa shape index (κ1) is 15.1. The molecule has 2 aromatic rings. The van der Waals surface area contributed by atoms with Crippen LogP contribution >= 0.6 is 23.2 Å². The SMILES string of the molecule is Cc1ccccc1C(=O)C1=NNC[C@@H]1c1ccc(Cl)cc1Cl. The number of rotatable bonds is 3. The van der Waals surface area contributed by atoms with E-state index >= 15 is 0 Å². The number of hydrazone groups is 1. The first-order chi connectivity index (χ1) is 10.6. The van der Waals surface area contributed by atoms with Crippen molar-refractivity contribution in [2.45, 2.75) is 12.8 Å². The normalized spacial score (nSPS) is 17.0. The van der Waals surface area contributed by atoms with Gasteiger partial charge in [0.25, 0.3) is 0 Å². The molecule has 1 heterocycles. The minimum absolute atomic E-state index is 0.0703. The summed E-state index contributed by atoms with van der Waals surface area (Å²) in [6, 6.07) is 12.8. The van der Waals surface area contributed by atoms with Gasteiger partial charge in [0.05, 0.1) is 5.92 Å². The maximum atomic E-state index is 12.8. The van der Waals surface area contributed by atoms with Gasteiger partial charge < -0.3 is 5.43 Å². The number of benzene rings is 2. The van der Waals surface area contributed by atoms with Crippen molar-refractivity contribution in [3.8, 4) is 0 Å². The van der Waals surface area contributed by atoms with Gasteiger partial charge in [-0.05, 0) is 30.2 Å². The number of ketones is 1. The van der Waals surface area contributed by atoms with Crippen molar-refractivity contribution >= 4 is 34.7 Å². The van der Waals surface area contributed by atoms with Gasteiger partial charge in [-0.15, -0.1) is 0 Å². The molecule has 0 amide bonds. The molecule has 0 spiro atoms. The van der Waals surface area contributed by atoms with Crippen LogP contribution in [0.1, 0.15) is 27.4 Å². The second kappa shape index (κ2) is 6.11. The Hall–Kier alpha value is -1.84. The Bertz CT molecular complexity index is 771. The number of Topliss-reactive ketones (excluding diaryl/α,β-unsaturated/α-hetero) is 1. The molecule has 0 saturated heterocycles. The molecule has 3 rings (SSSR count). The van der Waals surface area contributed by atoms with E-state index in [9.17, 15) is 4.79 Å². The lowest BCUT2D eigenvalue weighted by molar-refractivity contribution is 0.106. The van der Waals surface area contributed by atoms with Crippen molar-refractivity contribution in [3.63, 3.8) is 0 Å². The zero-order valence-corrected chi connectivity index (χ0v) is 13.4. The molecule has 22 heavy (non-hydrogen) atoms. The molecule has 1 atom stereocenters. The fourth-order valence-corrected chi connectivity index (χ4v) is 3.15. The third kappa shape index (κ3) is 2.74. The van der Waals surface area contributed by atoms with Gasteiger partial charge >= 0.3 is 0 Å². The molecule has 0 fully saturated rings. The topological polar surface area (TPSA) is 41.5 Å². The number of hydrogen-bond acceptors (Lipinski definition) is 3. The zero-order valence-electron chi connectivity index (χ0n) is 11.9. The minimum atomic E-state index is -0.170. The molecule has 112 valence electrons. The number of hydrogen-bond donors (Lipinski definition) is 1. The monoisotopic (exact) mass is 332 g/mol. The summed E-state index contributed by atoms with van der Waals surface area (Å²) in [6.07, 6.45) is 0. The highest BCUT2D eigenvalue weighted by atomic mass is 35.5. The van der Waals surface area contributed by atoms with Crippen LogP contribution in [0.2, 0.25) is 10.0 Å². The molecular weight excluding hydrogens is 319 g/mol. The smallest absolute Gasteiger partial charge is 0.209 e. The summed E-state index contributed by atoms with van der Waals surface area (Å²) in [5.74, 6) is -0.240. The van der Waals surface area contributed by atoms with E-state index in [1.807, 2.05) is 37.3 Å². The highest BCUT2D eigenvalue weighted by Gasteiger charge is 2.31. The summed E-state index contributed by atoms with van der Waals surface area (Å²) < 4.78 is 0. The maximum Gasteiger partial charge on any atom is 0.209 e. The Labute approximate surface area is 138 Å². The number of carbonyl (C=O) groups excluding carboxylic acids is 1. The van der Waals surface area contributed by atoms with Crippen LogP contribution in [0, 0.1) is 6.92 Å². The summed E-state index contributed by atoms with van der Waals surface area (Å²) in [5.41, 5.74) is 5.85. The van der Waals surface area contributed by atoms with Crippen LogP contribution in [0.25, 0.3) is 0 Å². The molecule has 0 bridgehead atoms. The van der Waals surface area contributed by atoms with Crippen molar-refractivity contribution < 1.29 is 4.79 Å². The first-order valence-electron chi connectivity index (χ1n) is 6.93. The van der Waals surface area contributed by atoms with E-state index in [0.29, 0.717) is 27.9 Å². The van der Waals surface area contributed by atoms with Gasteiger partial charge in [-0.1, -0.05) is 53.5 Å². The van der Waals surface area contributed by atoms with E-state index in [2.05, 4.69) is 10.5 Å². The molecule has 0 unspecified atom stereocenters. The van der Waals surface area contributed by atoms with Crippen LogP contribution in [0.3, 0.4) is 0 Å². The van der Waals surface area contributed by atoms with E-state index in [-0.39, 0.29) is 11.7 Å². The highest BCUT2D eigenvalue weighted by molar-refractivity contribution is 6.48. The van der Waals surface area contributed by atoms with Gasteiger partial charge in [-0.2, -0.15) is 5.10 Å². The molecule has 0 saturated carbocycles. The molecule has 0 aliphatic carbocycles. The van der Waals surface area contributed by atoms with Gasteiger partial charge in [0.1, 0.15) is 5.71 Å². The zero-order chi connectivity index (χ0) is 15.7. The lowest BCUT2D eigenvalue weighted by Crippen LogP contribution is -2.22. The minimum Gasteiger partial charge on any atom is -0.309 e. The fraction of sp³-hybridized carbons (Fsp3) is 0.176. The predicted octanol–water partition coefficient (Wildman–Crippen LogP) is 4.23. The molecule has 2 aromatic carbocycles. The molecule has 3 nitrogen and oxygen atoms in total. The number of nitrogens with one attached hydrogen (secondary N) is 1. The third-order valence-corrected chi connectivity index (χ3v) is 4.35. The second-order valence-electron chi connectivity index (χ2n) is 5.22. The molecule has 1 aliphatic heterocycles. The molecule has 1 aliphatic rings. The van der Waals surface area contributed by atoms with E-state index in [1.165, 1.54) is 0 Å². The predicted molar refractivity (Wildman–Crippen MR) is 90.2 cm³/mol. The van der Waals surface area contributed by atoms with Gasteiger partial charge in [0.2, 0.25) is 5.78 Å². The van der Waals surface area contributed by atoms with Crippen LogP contribution in [0.15, 0.2) is 47.6 Å². The number of halogens is 2. The first-order valence-corrected chi connectivity index (χ1v) is 7.69. The lowest BCUT2D eigenvalue weighted by Gasteiger charge is -2.14. The van der Waals surface area contributed by atoms with Crippen molar-refractivity contribution in [1.29, 1.82) is 0 Å². The van der Waals surface area contributed by atoms with Gasteiger partial charge in [0.15, 0.2) is 0 Å². The number of nitrogens with zero attached hydrogens (tertiary/aromatic N) is 1. The van der Waals surface area contributed by atoms with E-state index in [4.69, 9.17) is 23.2 Å². The third-order valence-electron chi connectivity index (χ3n) is 3.79. The summed E-state index contributed by atoms with van der Waals surface area (Å²) in [4.78, 5) is 12.8. The summed E-state index contributed by atoms with van der Waals surface area (Å²) in [7, 11) is 0. The summed E-state index contributed by atoms with van der Waals surface area (Å²) in [6.45, 7) is 2.47. The Morgan fingerprint density at radius 1 is 1.23 bits per heavy atom. The molecular formula is C17H14Cl2N2O. The van der Waals surface area contributed by atoms with E-state index in [1.54, 1.807) is 12.1 Å². The van der Waals surface area contributed by atoms with Crippen LogP contribution in [-0.2, 0) is 0 Å². The van der Waals surface area contributed by atoms with Crippen LogP contribution in [0.5, 0.6) is 0 Å². The largest absolute Gasteiger partial charge is 0.309 e. The van der Waals surface area contributed by atoms with Crippen molar-refractivity contribution in [1.82, 2.24) is 5.43 Å². The van der Waals surface area contributed by atoms with E-state index < -0.39 is 0 Å².